The first kappa shape index (κ1) is 16.3. The van der Waals surface area contributed by atoms with Crippen LogP contribution in [0.1, 0.15) is 9.88 Å². The summed E-state index contributed by atoms with van der Waals surface area (Å²) in [4.78, 5) is 6.17. The van der Waals surface area contributed by atoms with Crippen molar-refractivity contribution in [3.05, 3.63) is 40.3 Å². The number of nitrogens with one attached hydrogen (secondary N) is 1. The highest BCUT2D eigenvalue weighted by atomic mass is 32.2. The molecule has 0 amide bonds. The second kappa shape index (κ2) is 7.26. The normalized spacial score (nSPS) is 11.7. The van der Waals surface area contributed by atoms with Gasteiger partial charge in [0, 0.05) is 27.4 Å². The van der Waals surface area contributed by atoms with Crippen molar-refractivity contribution in [1.29, 1.82) is 0 Å². The van der Waals surface area contributed by atoms with E-state index in [9.17, 15) is 8.42 Å². The Hall–Kier alpha value is -1.09. The highest BCUT2D eigenvalue weighted by molar-refractivity contribution is 8.00. The van der Waals surface area contributed by atoms with Crippen molar-refractivity contribution in [1.82, 2.24) is 9.71 Å². The molecule has 0 aliphatic rings. The molecule has 0 aliphatic heterocycles. The Morgan fingerprint density at radius 2 is 2.24 bits per heavy atom. The number of nitrogens with zero attached hydrogens (tertiary/aromatic N) is 1. The number of thiazole rings is 1. The molecule has 0 saturated heterocycles. The number of nitrogens with two attached hydrogens (primary N) is 1. The summed E-state index contributed by atoms with van der Waals surface area (Å²) in [5.41, 5.74) is 6.36. The zero-order valence-electron chi connectivity index (χ0n) is 11.6. The predicted octanol–water partition coefficient (Wildman–Crippen LogP) is 2.25. The molecule has 21 heavy (non-hydrogen) atoms. The van der Waals surface area contributed by atoms with Gasteiger partial charge in [-0.05, 0) is 25.1 Å². The second-order valence-electron chi connectivity index (χ2n) is 4.43. The van der Waals surface area contributed by atoms with Crippen LogP contribution < -0.4 is 10.5 Å². The third-order valence-electron chi connectivity index (χ3n) is 2.59. The van der Waals surface area contributed by atoms with Crippen LogP contribution in [-0.2, 0) is 16.6 Å². The van der Waals surface area contributed by atoms with Crippen LogP contribution in [0.2, 0.25) is 0 Å². The van der Waals surface area contributed by atoms with Crippen LogP contribution >= 0.6 is 23.1 Å². The van der Waals surface area contributed by atoms with Crippen LogP contribution in [0.3, 0.4) is 0 Å². The maximum absolute atomic E-state index is 11.9. The number of thioether (sulfide) groups is 1. The number of aryl methyl sites for hydroxylation is 1. The minimum atomic E-state index is -3.29. The molecule has 0 radical (unpaired) electrons. The first-order valence-corrected chi connectivity index (χ1v) is 9.77. The van der Waals surface area contributed by atoms with E-state index in [0.717, 1.165) is 14.8 Å². The van der Waals surface area contributed by atoms with E-state index in [-0.39, 0.29) is 12.3 Å². The lowest BCUT2D eigenvalue weighted by atomic mass is 10.3. The molecule has 2 aromatic rings. The number of benzene rings is 1. The zero-order chi connectivity index (χ0) is 15.3. The number of anilines is 1. The lowest BCUT2D eigenvalue weighted by Gasteiger charge is -2.05. The fourth-order valence-corrected chi connectivity index (χ4v) is 4.76. The monoisotopic (exact) mass is 343 g/mol. The van der Waals surface area contributed by atoms with Gasteiger partial charge in [0.1, 0.15) is 5.01 Å². The molecular weight excluding hydrogens is 326 g/mol. The fourth-order valence-electron chi connectivity index (χ4n) is 1.60. The van der Waals surface area contributed by atoms with Crippen molar-refractivity contribution in [2.45, 2.75) is 18.4 Å². The van der Waals surface area contributed by atoms with Gasteiger partial charge in [-0.2, -0.15) is 0 Å². The molecule has 8 heteroatoms. The largest absolute Gasteiger partial charge is 0.399 e. The summed E-state index contributed by atoms with van der Waals surface area (Å²) in [5, 5.41) is 0.777. The number of hydrogen-bond donors (Lipinski definition) is 2. The van der Waals surface area contributed by atoms with Gasteiger partial charge in [0.05, 0.1) is 12.3 Å². The van der Waals surface area contributed by atoms with Gasteiger partial charge in [-0.15, -0.1) is 23.1 Å². The first-order chi connectivity index (χ1) is 9.94. The van der Waals surface area contributed by atoms with Crippen molar-refractivity contribution >= 4 is 38.8 Å². The zero-order valence-corrected chi connectivity index (χ0v) is 14.0. The van der Waals surface area contributed by atoms with Crippen LogP contribution in [-0.4, -0.2) is 24.9 Å². The maximum atomic E-state index is 11.9. The lowest BCUT2D eigenvalue weighted by molar-refractivity contribution is 0.583. The molecule has 0 fully saturated rings. The number of nitrogen functional groups attached to an aromatic ring is 1. The summed E-state index contributed by atoms with van der Waals surface area (Å²) in [7, 11) is -3.29. The number of rotatable bonds is 7. The minimum absolute atomic E-state index is 0.0663. The van der Waals surface area contributed by atoms with Gasteiger partial charge in [-0.25, -0.2) is 18.1 Å². The van der Waals surface area contributed by atoms with E-state index in [4.69, 9.17) is 5.73 Å². The lowest BCUT2D eigenvalue weighted by Crippen LogP contribution is -2.26. The quantitative estimate of drug-likeness (QED) is 0.595. The van der Waals surface area contributed by atoms with Crippen LogP contribution in [0.15, 0.2) is 35.4 Å². The van der Waals surface area contributed by atoms with Crippen molar-refractivity contribution in [2.24, 2.45) is 0 Å². The van der Waals surface area contributed by atoms with Crippen molar-refractivity contribution < 1.29 is 8.42 Å². The van der Waals surface area contributed by atoms with Gasteiger partial charge in [-0.1, -0.05) is 6.07 Å². The second-order valence-corrected chi connectivity index (χ2v) is 8.84. The molecule has 0 spiro atoms. The fraction of sp³-hybridized carbons (Fsp3) is 0.308. The van der Waals surface area contributed by atoms with Gasteiger partial charge in [0.15, 0.2) is 0 Å². The maximum Gasteiger partial charge on any atom is 0.212 e. The van der Waals surface area contributed by atoms with Gasteiger partial charge in [0.25, 0.3) is 0 Å². The standard InChI is InChI=1S/C13H17N3O2S3/c1-10-8-15-13(20-10)9-16-21(17,18)6-5-19-12-4-2-3-11(14)7-12/h2-4,7-8,16H,5-6,9,14H2,1H3. The Morgan fingerprint density at radius 1 is 1.43 bits per heavy atom. The molecule has 1 aromatic heterocycles. The highest BCUT2D eigenvalue weighted by Crippen LogP contribution is 2.20. The van der Waals surface area contributed by atoms with E-state index >= 15 is 0 Å². The predicted molar refractivity (Wildman–Crippen MR) is 89.1 cm³/mol. The van der Waals surface area contributed by atoms with Crippen molar-refractivity contribution in [2.75, 3.05) is 17.2 Å². The Kier molecular flexibility index (Phi) is 5.63. The van der Waals surface area contributed by atoms with Crippen LogP contribution in [0.25, 0.3) is 0 Å². The summed E-state index contributed by atoms with van der Waals surface area (Å²) in [5.74, 6) is 0.548. The molecule has 2 rings (SSSR count). The number of sulfonamides is 1. The molecule has 1 heterocycles. The average molecular weight is 343 g/mol. The molecular formula is C13H17N3O2S3. The molecule has 1 aromatic carbocycles. The smallest absolute Gasteiger partial charge is 0.212 e. The first-order valence-electron chi connectivity index (χ1n) is 6.31. The Labute approximate surface area is 133 Å². The van der Waals surface area contributed by atoms with E-state index in [1.807, 2.05) is 25.1 Å². The summed E-state index contributed by atoms with van der Waals surface area (Å²) in [6.07, 6.45) is 1.74. The van der Waals surface area contributed by atoms with Gasteiger partial charge < -0.3 is 5.73 Å². The van der Waals surface area contributed by atoms with E-state index in [0.29, 0.717) is 11.4 Å². The van der Waals surface area contributed by atoms with Crippen LogP contribution in [0.4, 0.5) is 5.69 Å². The number of hydrogen-bond acceptors (Lipinski definition) is 6. The molecule has 0 unspecified atom stereocenters. The molecule has 0 bridgehead atoms. The molecule has 0 saturated carbocycles. The Morgan fingerprint density at radius 3 is 2.90 bits per heavy atom. The molecule has 0 aliphatic carbocycles. The molecule has 114 valence electrons. The summed E-state index contributed by atoms with van der Waals surface area (Å²) < 4.78 is 26.4. The Balaban J connectivity index is 1.78. The topological polar surface area (TPSA) is 85.1 Å². The van der Waals surface area contributed by atoms with Crippen molar-refractivity contribution in [3.63, 3.8) is 0 Å². The summed E-state index contributed by atoms with van der Waals surface area (Å²) >= 11 is 2.97. The highest BCUT2D eigenvalue weighted by Gasteiger charge is 2.11. The molecule has 5 nitrogen and oxygen atoms in total. The molecule has 0 atom stereocenters. The molecule has 3 N–H and O–H groups in total. The van der Waals surface area contributed by atoms with E-state index in [2.05, 4.69) is 9.71 Å². The Bertz CT molecular complexity index is 698. The van der Waals surface area contributed by atoms with Crippen molar-refractivity contribution in [3.8, 4) is 0 Å². The average Bonchev–Trinajstić information content (AvgIpc) is 2.82. The SMILES string of the molecule is Cc1cnc(CNS(=O)(=O)CCSc2cccc(N)c2)s1. The van der Waals surface area contributed by atoms with Gasteiger partial charge in [0.2, 0.25) is 10.0 Å². The van der Waals surface area contributed by atoms with E-state index in [1.165, 1.54) is 23.1 Å². The van der Waals surface area contributed by atoms with Gasteiger partial charge in [-0.3, -0.25) is 0 Å². The number of aromatic nitrogens is 1. The summed E-state index contributed by atoms with van der Waals surface area (Å²) in [6, 6.07) is 7.41. The van der Waals surface area contributed by atoms with Crippen LogP contribution in [0, 0.1) is 6.92 Å². The summed E-state index contributed by atoms with van der Waals surface area (Å²) in [6.45, 7) is 2.20. The van der Waals surface area contributed by atoms with E-state index < -0.39 is 10.0 Å². The third kappa shape index (κ3) is 5.66. The van der Waals surface area contributed by atoms with Gasteiger partial charge >= 0.3 is 0 Å². The van der Waals surface area contributed by atoms with E-state index in [1.54, 1.807) is 12.3 Å². The van der Waals surface area contributed by atoms with Crippen LogP contribution in [0.5, 0.6) is 0 Å². The third-order valence-corrected chi connectivity index (χ3v) is 6.08. The minimum Gasteiger partial charge on any atom is -0.399 e.